The van der Waals surface area contributed by atoms with E-state index in [0.717, 1.165) is 24.7 Å². The summed E-state index contributed by atoms with van der Waals surface area (Å²) in [6.07, 6.45) is 4.45. The van der Waals surface area contributed by atoms with Crippen LogP contribution in [0, 0.1) is 29.1 Å². The smallest absolute Gasteiger partial charge is 0.332 e. The Hall–Kier alpha value is -4.06. The van der Waals surface area contributed by atoms with Gasteiger partial charge in [0.25, 0.3) is 5.91 Å². The SMILES string of the molecule is C[C@@](CCN1Cc2cc(C#CC#CC3(CO)CC3)cn2C1=O)(C(=O)NOC(=O)CCc1ccccc1)S(C)(=O)=O. The topological polar surface area (TPSA) is 135 Å². The molecule has 1 aliphatic heterocycles. The van der Waals surface area contributed by atoms with Gasteiger partial charge in [0.2, 0.25) is 0 Å². The van der Waals surface area contributed by atoms with E-state index in [9.17, 15) is 27.9 Å². The maximum absolute atomic E-state index is 12.9. The number of hydroxylamine groups is 1. The number of fused-ring (bicyclic) bond motifs is 1. The van der Waals surface area contributed by atoms with Crippen LogP contribution in [0.5, 0.6) is 0 Å². The van der Waals surface area contributed by atoms with E-state index in [-0.39, 0.29) is 44.0 Å². The van der Waals surface area contributed by atoms with Gasteiger partial charge in [-0.05, 0) is 56.1 Å². The molecule has 1 aromatic carbocycles. The third kappa shape index (κ3) is 6.56. The van der Waals surface area contributed by atoms with Crippen LogP contribution in [0.4, 0.5) is 4.79 Å². The monoisotopic (exact) mass is 565 g/mol. The lowest BCUT2D eigenvalue weighted by atomic mass is 10.1. The second-order valence-corrected chi connectivity index (χ2v) is 12.8. The maximum atomic E-state index is 12.9. The first kappa shape index (κ1) is 28.9. The van der Waals surface area contributed by atoms with Gasteiger partial charge in [-0.15, -0.1) is 0 Å². The second kappa shape index (κ2) is 11.6. The summed E-state index contributed by atoms with van der Waals surface area (Å²) >= 11 is 0. The number of aliphatic hydroxyl groups is 1. The van der Waals surface area contributed by atoms with Crippen molar-refractivity contribution in [3.05, 3.63) is 59.4 Å². The highest BCUT2D eigenvalue weighted by molar-refractivity contribution is 7.92. The number of nitrogens with zero attached hydrogens (tertiary/aromatic N) is 2. The molecule has 40 heavy (non-hydrogen) atoms. The number of nitrogens with one attached hydrogen (secondary N) is 1. The molecular weight excluding hydrogens is 534 g/mol. The highest BCUT2D eigenvalue weighted by Gasteiger charge is 2.45. The number of carbonyl (C=O) groups is 3. The molecule has 10 nitrogen and oxygen atoms in total. The van der Waals surface area contributed by atoms with Crippen LogP contribution in [0.1, 0.15) is 49.4 Å². The summed E-state index contributed by atoms with van der Waals surface area (Å²) in [5, 5.41) is 9.31. The number of aromatic nitrogens is 1. The fraction of sp³-hybridized carbons (Fsp3) is 0.414. The summed E-state index contributed by atoms with van der Waals surface area (Å²) in [6.45, 7) is 1.46. The van der Waals surface area contributed by atoms with Gasteiger partial charge in [-0.1, -0.05) is 42.2 Å². The summed E-state index contributed by atoms with van der Waals surface area (Å²) in [6, 6.07) is 10.6. The number of carbonyl (C=O) groups excluding carboxylic acids is 3. The number of hydrogen-bond acceptors (Lipinski definition) is 7. The van der Waals surface area contributed by atoms with Crippen LogP contribution in [-0.2, 0) is 37.2 Å². The van der Waals surface area contributed by atoms with Crippen molar-refractivity contribution >= 4 is 27.7 Å². The van der Waals surface area contributed by atoms with Gasteiger partial charge in [0.05, 0.1) is 25.0 Å². The fourth-order valence-corrected chi connectivity index (χ4v) is 5.02. The quantitative estimate of drug-likeness (QED) is 0.350. The Kier molecular flexibility index (Phi) is 8.38. The minimum atomic E-state index is -3.95. The zero-order valence-corrected chi connectivity index (χ0v) is 23.2. The van der Waals surface area contributed by atoms with Crippen LogP contribution in [0.3, 0.4) is 0 Å². The molecule has 0 saturated heterocycles. The zero-order valence-electron chi connectivity index (χ0n) is 22.4. The predicted molar refractivity (Wildman–Crippen MR) is 146 cm³/mol. The average molecular weight is 566 g/mol. The van der Waals surface area contributed by atoms with E-state index < -0.39 is 26.5 Å². The highest BCUT2D eigenvalue weighted by Crippen LogP contribution is 2.44. The van der Waals surface area contributed by atoms with Gasteiger partial charge < -0.3 is 14.8 Å². The minimum absolute atomic E-state index is 0.00298. The number of sulfone groups is 1. The van der Waals surface area contributed by atoms with Gasteiger partial charge in [0.15, 0.2) is 14.6 Å². The van der Waals surface area contributed by atoms with Crippen molar-refractivity contribution in [2.45, 2.75) is 50.3 Å². The van der Waals surface area contributed by atoms with Crippen LogP contribution in [-0.4, -0.2) is 65.1 Å². The molecule has 1 atom stereocenters. The Bertz CT molecular complexity index is 1540. The molecule has 2 aliphatic rings. The van der Waals surface area contributed by atoms with Crippen molar-refractivity contribution in [2.24, 2.45) is 5.41 Å². The number of aliphatic hydroxyl groups excluding tert-OH is 1. The number of rotatable bonds is 9. The van der Waals surface area contributed by atoms with Crippen LogP contribution < -0.4 is 5.48 Å². The first-order valence-electron chi connectivity index (χ1n) is 12.8. The third-order valence-corrected chi connectivity index (χ3v) is 9.38. The van der Waals surface area contributed by atoms with Crippen molar-refractivity contribution in [2.75, 3.05) is 19.4 Å². The average Bonchev–Trinajstić information content (AvgIpc) is 3.51. The molecular formula is C29H31N3O7S. The molecule has 0 spiro atoms. The predicted octanol–water partition coefficient (Wildman–Crippen LogP) is 1.80. The Morgan fingerprint density at radius 3 is 2.55 bits per heavy atom. The molecule has 1 aliphatic carbocycles. The Morgan fingerprint density at radius 1 is 1.20 bits per heavy atom. The molecule has 4 rings (SSSR count). The van der Waals surface area contributed by atoms with Crippen molar-refractivity contribution in [1.29, 1.82) is 0 Å². The van der Waals surface area contributed by atoms with Gasteiger partial charge in [-0.25, -0.2) is 18.0 Å². The number of aryl methyl sites for hydroxylation is 1. The molecule has 2 amide bonds. The molecule has 210 valence electrons. The van der Waals surface area contributed by atoms with E-state index in [1.165, 1.54) is 16.4 Å². The summed E-state index contributed by atoms with van der Waals surface area (Å²) in [4.78, 5) is 44.2. The van der Waals surface area contributed by atoms with Crippen molar-refractivity contribution in [1.82, 2.24) is 14.9 Å². The fourth-order valence-electron chi connectivity index (χ4n) is 4.18. The van der Waals surface area contributed by atoms with E-state index in [0.29, 0.717) is 17.7 Å². The third-order valence-electron chi connectivity index (χ3n) is 7.36. The lowest BCUT2D eigenvalue weighted by molar-refractivity contribution is -0.159. The maximum Gasteiger partial charge on any atom is 0.332 e. The minimum Gasteiger partial charge on any atom is -0.395 e. The van der Waals surface area contributed by atoms with Crippen LogP contribution in [0.15, 0.2) is 42.6 Å². The van der Waals surface area contributed by atoms with Gasteiger partial charge >= 0.3 is 12.0 Å². The van der Waals surface area contributed by atoms with E-state index >= 15 is 0 Å². The molecule has 2 N–H and O–H groups in total. The lowest BCUT2D eigenvalue weighted by Crippen LogP contribution is -2.52. The molecule has 11 heteroatoms. The molecule has 1 aromatic heterocycles. The highest BCUT2D eigenvalue weighted by atomic mass is 32.2. The molecule has 2 aromatic rings. The van der Waals surface area contributed by atoms with Gasteiger partial charge in [0, 0.05) is 30.3 Å². The van der Waals surface area contributed by atoms with Crippen LogP contribution >= 0.6 is 0 Å². The molecule has 0 unspecified atom stereocenters. The van der Waals surface area contributed by atoms with E-state index in [2.05, 4.69) is 23.7 Å². The molecule has 1 fully saturated rings. The van der Waals surface area contributed by atoms with Crippen LogP contribution in [0.2, 0.25) is 0 Å². The molecule has 2 heterocycles. The summed E-state index contributed by atoms with van der Waals surface area (Å²) in [5.41, 5.74) is 3.89. The number of amides is 2. The standard InChI is InChI=1S/C29H31N3O7S/c1-28(40(2,37)38,26(35)30-39-25(34)12-11-22-8-4-3-5-9-22)16-17-31-20-24-18-23(19-32(24)27(31)36)10-6-7-13-29(21-33)14-15-29/h3-5,8-9,18-19,33H,11-12,14-17,20-21H2,1-2H3,(H,30,35)/t28-/m1/s1. The number of benzene rings is 1. The van der Waals surface area contributed by atoms with Crippen molar-refractivity contribution in [3.63, 3.8) is 0 Å². The summed E-state index contributed by atoms with van der Waals surface area (Å²) in [5.74, 6) is 9.69. The Morgan fingerprint density at radius 2 is 1.93 bits per heavy atom. The van der Waals surface area contributed by atoms with Gasteiger partial charge in [0.1, 0.15) is 0 Å². The van der Waals surface area contributed by atoms with Crippen LogP contribution in [0.25, 0.3) is 0 Å². The lowest BCUT2D eigenvalue weighted by Gasteiger charge is -2.28. The molecule has 0 radical (unpaired) electrons. The number of hydrogen-bond donors (Lipinski definition) is 2. The van der Waals surface area contributed by atoms with Crippen molar-refractivity contribution < 1.29 is 32.7 Å². The first-order chi connectivity index (χ1) is 19.0. The largest absolute Gasteiger partial charge is 0.395 e. The normalized spacial score (nSPS) is 16.5. The van der Waals surface area contributed by atoms with Gasteiger partial charge in [-0.2, -0.15) is 5.48 Å². The molecule has 1 saturated carbocycles. The second-order valence-electron chi connectivity index (χ2n) is 10.4. The Labute approximate surface area is 233 Å². The van der Waals surface area contributed by atoms with E-state index in [1.54, 1.807) is 12.3 Å². The summed E-state index contributed by atoms with van der Waals surface area (Å²) in [7, 11) is -3.95. The Balaban J connectivity index is 1.32. The van der Waals surface area contributed by atoms with Crippen molar-refractivity contribution in [3.8, 4) is 23.7 Å². The van der Waals surface area contributed by atoms with E-state index in [1.807, 2.05) is 35.8 Å². The summed E-state index contributed by atoms with van der Waals surface area (Å²) < 4.78 is 24.7. The first-order valence-corrected chi connectivity index (χ1v) is 14.7. The van der Waals surface area contributed by atoms with E-state index in [4.69, 9.17) is 4.84 Å². The zero-order chi connectivity index (χ0) is 29.0. The van der Waals surface area contributed by atoms with Gasteiger partial charge in [-0.3, -0.25) is 9.36 Å². The molecule has 0 bridgehead atoms.